The first kappa shape index (κ1) is 22.5. The van der Waals surface area contributed by atoms with Gasteiger partial charge in [-0.3, -0.25) is 14.4 Å². The first-order chi connectivity index (χ1) is 14.9. The van der Waals surface area contributed by atoms with Gasteiger partial charge in [-0.2, -0.15) is 0 Å². The fraction of sp³-hybridized carbons (Fsp3) is 0.318. The SMILES string of the molecule is O=C(CNC(=O)c1ccc(N2CCCC2=O)cc1)NCCCS(=O)(=O)c1ccccc1. The molecule has 3 amide bonds. The van der Waals surface area contributed by atoms with Crippen LogP contribution in [-0.4, -0.2) is 51.5 Å². The highest BCUT2D eigenvalue weighted by Crippen LogP contribution is 2.21. The van der Waals surface area contributed by atoms with Crippen molar-refractivity contribution in [2.75, 3.05) is 30.3 Å². The average Bonchev–Trinajstić information content (AvgIpc) is 3.21. The van der Waals surface area contributed by atoms with E-state index in [0.717, 1.165) is 12.1 Å². The van der Waals surface area contributed by atoms with E-state index in [9.17, 15) is 22.8 Å². The summed E-state index contributed by atoms with van der Waals surface area (Å²) in [5.74, 6) is -0.800. The molecule has 31 heavy (non-hydrogen) atoms. The molecule has 1 heterocycles. The minimum atomic E-state index is -3.38. The molecule has 1 fully saturated rings. The monoisotopic (exact) mass is 443 g/mol. The number of nitrogens with zero attached hydrogens (tertiary/aromatic N) is 1. The second-order valence-electron chi connectivity index (χ2n) is 7.21. The Hall–Kier alpha value is -3.20. The number of nitrogens with one attached hydrogen (secondary N) is 2. The molecule has 1 aliphatic heterocycles. The number of hydrogen-bond donors (Lipinski definition) is 2. The molecule has 2 N–H and O–H groups in total. The van der Waals surface area contributed by atoms with Crippen molar-refractivity contribution in [1.29, 1.82) is 0 Å². The maximum Gasteiger partial charge on any atom is 0.251 e. The molecule has 0 spiro atoms. The molecule has 1 saturated heterocycles. The van der Waals surface area contributed by atoms with Crippen molar-refractivity contribution in [2.24, 2.45) is 0 Å². The van der Waals surface area contributed by atoms with Gasteiger partial charge in [0.1, 0.15) is 0 Å². The Morgan fingerprint density at radius 3 is 2.32 bits per heavy atom. The molecule has 9 heteroatoms. The second-order valence-corrected chi connectivity index (χ2v) is 9.32. The van der Waals surface area contributed by atoms with E-state index in [1.807, 2.05) is 0 Å². The van der Waals surface area contributed by atoms with E-state index < -0.39 is 21.7 Å². The van der Waals surface area contributed by atoms with E-state index in [1.54, 1.807) is 59.5 Å². The average molecular weight is 444 g/mol. The Bertz CT molecular complexity index is 1040. The van der Waals surface area contributed by atoms with Gasteiger partial charge in [-0.25, -0.2) is 8.42 Å². The maximum absolute atomic E-state index is 12.2. The minimum Gasteiger partial charge on any atom is -0.355 e. The lowest BCUT2D eigenvalue weighted by atomic mass is 10.2. The Labute approximate surface area is 181 Å². The topological polar surface area (TPSA) is 113 Å². The highest BCUT2D eigenvalue weighted by Gasteiger charge is 2.21. The van der Waals surface area contributed by atoms with Gasteiger partial charge in [0.2, 0.25) is 11.8 Å². The van der Waals surface area contributed by atoms with E-state index >= 15 is 0 Å². The van der Waals surface area contributed by atoms with Gasteiger partial charge in [-0.05, 0) is 49.2 Å². The normalized spacial score (nSPS) is 13.8. The number of rotatable bonds is 9. The van der Waals surface area contributed by atoms with Gasteiger partial charge in [0.25, 0.3) is 5.91 Å². The third-order valence-corrected chi connectivity index (χ3v) is 6.75. The summed E-state index contributed by atoms with van der Waals surface area (Å²) in [7, 11) is -3.38. The highest BCUT2D eigenvalue weighted by atomic mass is 32.2. The van der Waals surface area contributed by atoms with Gasteiger partial charge in [0.05, 0.1) is 17.2 Å². The number of benzene rings is 2. The van der Waals surface area contributed by atoms with Crippen LogP contribution in [0.5, 0.6) is 0 Å². The zero-order valence-electron chi connectivity index (χ0n) is 17.0. The molecule has 0 bridgehead atoms. The maximum atomic E-state index is 12.2. The van der Waals surface area contributed by atoms with Gasteiger partial charge in [-0.1, -0.05) is 18.2 Å². The summed E-state index contributed by atoms with van der Waals surface area (Å²) in [4.78, 5) is 37.9. The first-order valence-electron chi connectivity index (χ1n) is 10.1. The summed E-state index contributed by atoms with van der Waals surface area (Å²) >= 11 is 0. The third-order valence-electron chi connectivity index (χ3n) is 4.94. The molecule has 3 rings (SSSR count). The number of sulfone groups is 1. The Balaban J connectivity index is 1.38. The van der Waals surface area contributed by atoms with Crippen LogP contribution in [-0.2, 0) is 19.4 Å². The lowest BCUT2D eigenvalue weighted by Gasteiger charge is -2.15. The van der Waals surface area contributed by atoms with E-state index in [4.69, 9.17) is 0 Å². The molecular weight excluding hydrogens is 418 g/mol. The molecule has 0 saturated carbocycles. The fourth-order valence-corrected chi connectivity index (χ4v) is 4.61. The third kappa shape index (κ3) is 6.14. The van der Waals surface area contributed by atoms with Gasteiger partial charge < -0.3 is 15.5 Å². The van der Waals surface area contributed by atoms with Gasteiger partial charge in [0.15, 0.2) is 9.84 Å². The van der Waals surface area contributed by atoms with E-state index in [2.05, 4.69) is 10.6 Å². The Morgan fingerprint density at radius 2 is 1.68 bits per heavy atom. The van der Waals surface area contributed by atoms with Crippen LogP contribution in [0.4, 0.5) is 5.69 Å². The molecule has 0 aliphatic carbocycles. The van der Waals surface area contributed by atoms with Crippen molar-refractivity contribution in [2.45, 2.75) is 24.2 Å². The number of hydrogen-bond acceptors (Lipinski definition) is 5. The lowest BCUT2D eigenvalue weighted by Crippen LogP contribution is -2.37. The lowest BCUT2D eigenvalue weighted by molar-refractivity contribution is -0.120. The van der Waals surface area contributed by atoms with Crippen molar-refractivity contribution in [1.82, 2.24) is 10.6 Å². The highest BCUT2D eigenvalue weighted by molar-refractivity contribution is 7.91. The molecule has 1 aliphatic rings. The Morgan fingerprint density at radius 1 is 0.968 bits per heavy atom. The zero-order chi connectivity index (χ0) is 22.3. The van der Waals surface area contributed by atoms with Crippen LogP contribution in [0.2, 0.25) is 0 Å². The molecule has 0 unspecified atom stereocenters. The molecule has 164 valence electrons. The standard InChI is InChI=1S/C22H25N3O5S/c26-20(23-13-5-15-31(29,30)19-6-2-1-3-7-19)16-24-22(28)17-9-11-18(12-10-17)25-14-4-8-21(25)27/h1-3,6-7,9-12H,4-5,8,13-16H2,(H,23,26)(H,24,28). The van der Waals surface area contributed by atoms with Crippen LogP contribution in [0.15, 0.2) is 59.5 Å². The summed E-state index contributed by atoms with van der Waals surface area (Å²) in [5.41, 5.74) is 1.14. The first-order valence-corrected chi connectivity index (χ1v) is 11.8. The molecule has 8 nitrogen and oxygen atoms in total. The summed E-state index contributed by atoms with van der Waals surface area (Å²) < 4.78 is 24.4. The predicted octanol–water partition coefficient (Wildman–Crippen LogP) is 1.52. The van der Waals surface area contributed by atoms with Crippen molar-refractivity contribution < 1.29 is 22.8 Å². The van der Waals surface area contributed by atoms with Crippen molar-refractivity contribution >= 4 is 33.2 Å². The van der Waals surface area contributed by atoms with Gasteiger partial charge >= 0.3 is 0 Å². The molecule has 0 radical (unpaired) electrons. The zero-order valence-corrected chi connectivity index (χ0v) is 17.9. The van der Waals surface area contributed by atoms with Crippen LogP contribution in [0.25, 0.3) is 0 Å². The van der Waals surface area contributed by atoms with Crippen LogP contribution in [0.3, 0.4) is 0 Å². The molecule has 0 aromatic heterocycles. The van der Waals surface area contributed by atoms with Gasteiger partial charge in [-0.15, -0.1) is 0 Å². The number of anilines is 1. The van der Waals surface area contributed by atoms with Crippen LogP contribution in [0, 0.1) is 0 Å². The fourth-order valence-electron chi connectivity index (χ4n) is 3.27. The van der Waals surface area contributed by atoms with Crippen molar-refractivity contribution in [3.8, 4) is 0 Å². The van der Waals surface area contributed by atoms with Crippen LogP contribution >= 0.6 is 0 Å². The largest absolute Gasteiger partial charge is 0.355 e. The second kappa shape index (κ2) is 10.2. The predicted molar refractivity (Wildman–Crippen MR) is 116 cm³/mol. The van der Waals surface area contributed by atoms with E-state index in [1.165, 1.54) is 0 Å². The van der Waals surface area contributed by atoms with E-state index in [-0.39, 0.29) is 36.1 Å². The number of carbonyl (C=O) groups excluding carboxylic acids is 3. The summed E-state index contributed by atoms with van der Waals surface area (Å²) in [6.45, 7) is 0.660. The molecule has 2 aromatic carbocycles. The van der Waals surface area contributed by atoms with Crippen LogP contribution < -0.4 is 15.5 Å². The van der Waals surface area contributed by atoms with Crippen LogP contribution in [0.1, 0.15) is 29.6 Å². The molecule has 2 aromatic rings. The Kier molecular flexibility index (Phi) is 7.41. The van der Waals surface area contributed by atoms with E-state index in [0.29, 0.717) is 18.5 Å². The van der Waals surface area contributed by atoms with Gasteiger partial charge in [0, 0.05) is 30.8 Å². The molecule has 0 atom stereocenters. The number of carbonyl (C=O) groups is 3. The summed E-state index contributed by atoms with van der Waals surface area (Å²) in [6, 6.07) is 14.8. The molecular formula is C22H25N3O5S. The van der Waals surface area contributed by atoms with Crippen molar-refractivity contribution in [3.05, 3.63) is 60.2 Å². The quantitative estimate of drug-likeness (QED) is 0.571. The summed E-state index contributed by atoms with van der Waals surface area (Å²) in [6.07, 6.45) is 1.64. The smallest absolute Gasteiger partial charge is 0.251 e. The number of amides is 3. The summed E-state index contributed by atoms with van der Waals surface area (Å²) in [5, 5.41) is 5.13. The van der Waals surface area contributed by atoms with Crippen molar-refractivity contribution in [3.63, 3.8) is 0 Å². The minimum absolute atomic E-state index is 0.0739.